The van der Waals surface area contributed by atoms with E-state index in [1.165, 1.54) is 12.8 Å². The van der Waals surface area contributed by atoms with Gasteiger partial charge in [0.25, 0.3) is 0 Å². The molecule has 18 heavy (non-hydrogen) atoms. The van der Waals surface area contributed by atoms with Crippen LogP contribution in [0.4, 0.5) is 5.69 Å². The predicted octanol–water partition coefficient (Wildman–Crippen LogP) is 2.42. The number of nitrogens with two attached hydrogens (primary N) is 1. The Morgan fingerprint density at radius 1 is 1.28 bits per heavy atom. The zero-order chi connectivity index (χ0) is 12.4. The maximum Gasteiger partial charge on any atom is 0.117 e. The normalized spacial score (nSPS) is 15.2. The molecule has 0 aromatic carbocycles. The highest BCUT2D eigenvalue weighted by molar-refractivity contribution is 5.41. The number of rotatable bonds is 5. The van der Waals surface area contributed by atoms with Gasteiger partial charge >= 0.3 is 0 Å². The van der Waals surface area contributed by atoms with Crippen molar-refractivity contribution in [1.82, 2.24) is 9.88 Å². The van der Waals surface area contributed by atoms with E-state index in [2.05, 4.69) is 9.88 Å². The molecule has 0 bridgehead atoms. The molecule has 4 heteroatoms. The van der Waals surface area contributed by atoms with E-state index in [1.54, 1.807) is 12.5 Å². The van der Waals surface area contributed by atoms with Gasteiger partial charge in [-0.1, -0.05) is 0 Å². The van der Waals surface area contributed by atoms with Crippen LogP contribution in [0.25, 0.3) is 0 Å². The molecule has 0 amide bonds. The lowest BCUT2D eigenvalue weighted by Gasteiger charge is -2.20. The van der Waals surface area contributed by atoms with Gasteiger partial charge in [0, 0.05) is 18.8 Å². The quantitative estimate of drug-likeness (QED) is 0.876. The molecular weight excluding hydrogens is 226 g/mol. The maximum atomic E-state index is 5.95. The van der Waals surface area contributed by atoms with Crippen LogP contribution in [0.2, 0.25) is 0 Å². The second-order valence-corrected chi connectivity index (χ2v) is 4.75. The van der Waals surface area contributed by atoms with Gasteiger partial charge in [-0.3, -0.25) is 9.88 Å². The van der Waals surface area contributed by atoms with Gasteiger partial charge in [-0.2, -0.15) is 0 Å². The highest BCUT2D eigenvalue weighted by atomic mass is 16.3. The first kappa shape index (κ1) is 11.3. The highest BCUT2D eigenvalue weighted by Crippen LogP contribution is 2.30. The van der Waals surface area contributed by atoms with Gasteiger partial charge < -0.3 is 10.2 Å². The molecule has 2 aromatic heterocycles. The van der Waals surface area contributed by atoms with E-state index in [1.807, 2.05) is 24.3 Å². The fraction of sp³-hybridized carbons (Fsp3) is 0.357. The number of pyridine rings is 1. The van der Waals surface area contributed by atoms with Gasteiger partial charge in [0.1, 0.15) is 5.76 Å². The summed E-state index contributed by atoms with van der Waals surface area (Å²) in [6.45, 7) is 1.62. The first-order valence-corrected chi connectivity index (χ1v) is 6.29. The number of aromatic nitrogens is 1. The molecule has 0 saturated heterocycles. The number of anilines is 1. The molecule has 0 aliphatic heterocycles. The number of hydrogen-bond donors (Lipinski definition) is 1. The van der Waals surface area contributed by atoms with Crippen molar-refractivity contribution in [1.29, 1.82) is 0 Å². The third-order valence-corrected chi connectivity index (χ3v) is 3.28. The Bertz CT molecular complexity index is 506. The summed E-state index contributed by atoms with van der Waals surface area (Å²) in [7, 11) is 0. The minimum atomic E-state index is 0.650. The average molecular weight is 243 g/mol. The zero-order valence-corrected chi connectivity index (χ0v) is 10.2. The van der Waals surface area contributed by atoms with E-state index >= 15 is 0 Å². The number of nitrogen functional groups attached to an aromatic ring is 1. The molecule has 4 nitrogen and oxygen atoms in total. The number of furan rings is 1. The maximum absolute atomic E-state index is 5.95. The van der Waals surface area contributed by atoms with Gasteiger partial charge in [-0.25, -0.2) is 0 Å². The van der Waals surface area contributed by atoms with Gasteiger partial charge in [-0.05, 0) is 37.1 Å². The predicted molar refractivity (Wildman–Crippen MR) is 69.6 cm³/mol. The molecule has 3 rings (SSSR count). The molecule has 0 unspecified atom stereocenters. The highest BCUT2D eigenvalue weighted by Gasteiger charge is 2.30. The molecular formula is C14H17N3O. The molecule has 2 heterocycles. The summed E-state index contributed by atoms with van der Waals surface area (Å²) in [6, 6.07) is 8.36. The molecule has 2 aromatic rings. The van der Waals surface area contributed by atoms with Crippen LogP contribution in [0.1, 0.15) is 24.3 Å². The Morgan fingerprint density at radius 2 is 2.17 bits per heavy atom. The monoisotopic (exact) mass is 243 g/mol. The third kappa shape index (κ3) is 2.54. The van der Waals surface area contributed by atoms with E-state index in [0.717, 1.165) is 30.2 Å². The molecule has 0 spiro atoms. The summed E-state index contributed by atoms with van der Waals surface area (Å²) in [5, 5.41) is 0. The van der Waals surface area contributed by atoms with Gasteiger partial charge in [-0.15, -0.1) is 0 Å². The van der Waals surface area contributed by atoms with Crippen molar-refractivity contribution in [3.8, 4) is 0 Å². The summed E-state index contributed by atoms with van der Waals surface area (Å²) in [4.78, 5) is 6.75. The second kappa shape index (κ2) is 4.82. The Hall–Kier alpha value is -1.81. The van der Waals surface area contributed by atoms with E-state index < -0.39 is 0 Å². The average Bonchev–Trinajstić information content (AvgIpc) is 3.10. The third-order valence-electron chi connectivity index (χ3n) is 3.28. The minimum Gasteiger partial charge on any atom is -0.468 e. The topological polar surface area (TPSA) is 55.3 Å². The summed E-state index contributed by atoms with van der Waals surface area (Å²) < 4.78 is 5.42. The first-order chi connectivity index (χ1) is 8.83. The smallest absolute Gasteiger partial charge is 0.117 e. The fourth-order valence-electron chi connectivity index (χ4n) is 2.13. The van der Waals surface area contributed by atoms with E-state index in [-0.39, 0.29) is 0 Å². The van der Waals surface area contributed by atoms with Gasteiger partial charge in [0.15, 0.2) is 0 Å². The first-order valence-electron chi connectivity index (χ1n) is 6.29. The molecule has 2 N–H and O–H groups in total. The van der Waals surface area contributed by atoms with Crippen LogP contribution in [0.5, 0.6) is 0 Å². The molecule has 0 radical (unpaired) electrons. The van der Waals surface area contributed by atoms with Gasteiger partial charge in [0.05, 0.1) is 24.2 Å². The summed E-state index contributed by atoms with van der Waals surface area (Å²) in [6.07, 6.45) is 6.03. The zero-order valence-electron chi connectivity index (χ0n) is 10.2. The van der Waals surface area contributed by atoms with Crippen LogP contribution < -0.4 is 5.73 Å². The fourth-order valence-corrected chi connectivity index (χ4v) is 2.13. The van der Waals surface area contributed by atoms with Crippen LogP contribution in [-0.4, -0.2) is 15.9 Å². The van der Waals surface area contributed by atoms with Crippen molar-refractivity contribution in [2.24, 2.45) is 0 Å². The van der Waals surface area contributed by atoms with Crippen molar-refractivity contribution in [3.63, 3.8) is 0 Å². The van der Waals surface area contributed by atoms with Crippen LogP contribution in [0.3, 0.4) is 0 Å². The Kier molecular flexibility index (Phi) is 3.02. The SMILES string of the molecule is Nc1cccnc1CN(Cc1ccco1)C1CC1. The van der Waals surface area contributed by atoms with E-state index in [9.17, 15) is 0 Å². The van der Waals surface area contributed by atoms with E-state index in [4.69, 9.17) is 10.2 Å². The molecule has 1 fully saturated rings. The number of nitrogens with zero attached hydrogens (tertiary/aromatic N) is 2. The molecule has 94 valence electrons. The Morgan fingerprint density at radius 3 is 2.83 bits per heavy atom. The molecule has 1 aliphatic rings. The summed E-state index contributed by atoms with van der Waals surface area (Å²) in [5.41, 5.74) is 7.67. The largest absolute Gasteiger partial charge is 0.468 e. The lowest BCUT2D eigenvalue weighted by molar-refractivity contribution is 0.223. The van der Waals surface area contributed by atoms with Crippen molar-refractivity contribution >= 4 is 5.69 Å². The molecule has 1 saturated carbocycles. The Balaban J connectivity index is 1.73. The van der Waals surface area contributed by atoms with Crippen molar-refractivity contribution in [2.45, 2.75) is 32.0 Å². The standard InChI is InChI=1S/C14H17N3O/c15-13-4-1-7-16-14(13)10-17(11-5-6-11)9-12-3-2-8-18-12/h1-4,7-8,11H,5-6,9-10,15H2. The van der Waals surface area contributed by atoms with Crippen LogP contribution in [-0.2, 0) is 13.1 Å². The van der Waals surface area contributed by atoms with Crippen molar-refractivity contribution < 1.29 is 4.42 Å². The van der Waals surface area contributed by atoms with Crippen LogP contribution in [0, 0.1) is 0 Å². The minimum absolute atomic E-state index is 0.650. The molecule has 1 aliphatic carbocycles. The number of hydrogen-bond acceptors (Lipinski definition) is 4. The van der Waals surface area contributed by atoms with Gasteiger partial charge in [0.2, 0.25) is 0 Å². The van der Waals surface area contributed by atoms with Crippen LogP contribution in [0.15, 0.2) is 41.1 Å². The molecule has 0 atom stereocenters. The summed E-state index contributed by atoms with van der Waals surface area (Å²) >= 11 is 0. The second-order valence-electron chi connectivity index (χ2n) is 4.75. The lowest BCUT2D eigenvalue weighted by Crippen LogP contribution is -2.25. The summed E-state index contributed by atoms with van der Waals surface area (Å²) in [5.74, 6) is 0.997. The lowest BCUT2D eigenvalue weighted by atomic mass is 10.2. The Labute approximate surface area is 106 Å². The van der Waals surface area contributed by atoms with Crippen molar-refractivity contribution in [3.05, 3.63) is 48.2 Å². The van der Waals surface area contributed by atoms with E-state index in [0.29, 0.717) is 6.04 Å². The van der Waals surface area contributed by atoms with Crippen molar-refractivity contribution in [2.75, 3.05) is 5.73 Å². The van der Waals surface area contributed by atoms with Crippen LogP contribution >= 0.6 is 0 Å².